The third-order valence-electron chi connectivity index (χ3n) is 2.36. The van der Waals surface area contributed by atoms with Crippen LogP contribution in [0.1, 0.15) is 13.3 Å². The van der Waals surface area contributed by atoms with Crippen LogP contribution < -0.4 is 10.6 Å². The van der Waals surface area contributed by atoms with E-state index in [-0.39, 0.29) is 0 Å². The highest BCUT2D eigenvalue weighted by atomic mass is 15.3. The van der Waals surface area contributed by atoms with Gasteiger partial charge in [0.2, 0.25) is 5.95 Å². The van der Waals surface area contributed by atoms with Crippen molar-refractivity contribution >= 4 is 11.6 Å². The maximum atomic E-state index is 5.51. The van der Waals surface area contributed by atoms with Crippen molar-refractivity contribution in [2.75, 3.05) is 23.7 Å². The number of hydrogen-bond acceptors (Lipinski definition) is 4. The molecule has 2 heterocycles. The van der Waals surface area contributed by atoms with Crippen molar-refractivity contribution in [1.82, 2.24) is 9.97 Å². The summed E-state index contributed by atoms with van der Waals surface area (Å²) in [6.07, 6.45) is 4.55. The highest BCUT2D eigenvalue weighted by Gasteiger charge is 2.20. The van der Waals surface area contributed by atoms with E-state index < -0.39 is 0 Å². The molecular weight excluding hydrogens is 164 g/mol. The summed E-state index contributed by atoms with van der Waals surface area (Å²) >= 11 is 0. The van der Waals surface area contributed by atoms with Gasteiger partial charge in [-0.1, -0.05) is 6.92 Å². The molecular formula is C9H14N4. The Hall–Kier alpha value is -1.32. The molecule has 0 radical (unpaired) electrons. The number of aromatic nitrogens is 2. The zero-order chi connectivity index (χ0) is 9.26. The molecule has 1 aliphatic rings. The number of nitrogen functional groups attached to an aromatic ring is 1. The summed E-state index contributed by atoms with van der Waals surface area (Å²) < 4.78 is 0. The molecule has 4 heteroatoms. The van der Waals surface area contributed by atoms with Gasteiger partial charge in [-0.15, -0.1) is 0 Å². The first kappa shape index (κ1) is 8.29. The average Bonchev–Trinajstić information content (AvgIpc) is 2.53. The largest absolute Gasteiger partial charge is 0.396 e. The molecule has 1 aromatic rings. The van der Waals surface area contributed by atoms with Crippen LogP contribution in [0.5, 0.6) is 0 Å². The average molecular weight is 178 g/mol. The molecule has 0 saturated carbocycles. The second kappa shape index (κ2) is 3.20. The van der Waals surface area contributed by atoms with Gasteiger partial charge in [-0.3, -0.25) is 0 Å². The Balaban J connectivity index is 2.13. The zero-order valence-corrected chi connectivity index (χ0v) is 7.77. The van der Waals surface area contributed by atoms with E-state index in [1.807, 2.05) is 0 Å². The van der Waals surface area contributed by atoms with Crippen molar-refractivity contribution in [3.05, 3.63) is 12.4 Å². The van der Waals surface area contributed by atoms with Gasteiger partial charge in [0.15, 0.2) is 0 Å². The van der Waals surface area contributed by atoms with Crippen LogP contribution in [0, 0.1) is 5.92 Å². The summed E-state index contributed by atoms with van der Waals surface area (Å²) in [5.41, 5.74) is 6.13. The maximum Gasteiger partial charge on any atom is 0.225 e. The molecule has 0 aromatic carbocycles. The molecule has 0 spiro atoms. The number of anilines is 2. The summed E-state index contributed by atoms with van der Waals surface area (Å²) in [5.74, 6) is 1.56. The molecule has 0 amide bonds. The minimum atomic E-state index is 0.621. The van der Waals surface area contributed by atoms with Gasteiger partial charge in [-0.25, -0.2) is 9.97 Å². The fourth-order valence-corrected chi connectivity index (χ4v) is 1.61. The van der Waals surface area contributed by atoms with E-state index in [2.05, 4.69) is 21.8 Å². The predicted octanol–water partition coefficient (Wildman–Crippen LogP) is 0.905. The van der Waals surface area contributed by atoms with Crippen LogP contribution in [0.4, 0.5) is 11.6 Å². The van der Waals surface area contributed by atoms with E-state index in [0.29, 0.717) is 5.69 Å². The van der Waals surface area contributed by atoms with Crippen molar-refractivity contribution in [3.8, 4) is 0 Å². The number of hydrogen-bond donors (Lipinski definition) is 1. The Bertz CT molecular complexity index is 282. The third kappa shape index (κ3) is 1.71. The zero-order valence-electron chi connectivity index (χ0n) is 7.77. The first-order valence-corrected chi connectivity index (χ1v) is 4.58. The van der Waals surface area contributed by atoms with Gasteiger partial charge >= 0.3 is 0 Å². The Morgan fingerprint density at radius 1 is 1.46 bits per heavy atom. The third-order valence-corrected chi connectivity index (χ3v) is 2.36. The van der Waals surface area contributed by atoms with E-state index >= 15 is 0 Å². The lowest BCUT2D eigenvalue weighted by molar-refractivity contribution is 0.658. The molecule has 2 rings (SSSR count). The van der Waals surface area contributed by atoms with Crippen LogP contribution >= 0.6 is 0 Å². The highest BCUT2D eigenvalue weighted by Crippen LogP contribution is 2.19. The summed E-state index contributed by atoms with van der Waals surface area (Å²) in [6, 6.07) is 0. The van der Waals surface area contributed by atoms with Gasteiger partial charge < -0.3 is 10.6 Å². The van der Waals surface area contributed by atoms with Gasteiger partial charge in [0.05, 0.1) is 18.1 Å². The highest BCUT2D eigenvalue weighted by molar-refractivity contribution is 5.38. The molecule has 0 bridgehead atoms. The summed E-state index contributed by atoms with van der Waals surface area (Å²) in [7, 11) is 0. The second-order valence-electron chi connectivity index (χ2n) is 3.66. The fraction of sp³-hybridized carbons (Fsp3) is 0.556. The molecule has 0 aliphatic carbocycles. The molecule has 1 fully saturated rings. The van der Waals surface area contributed by atoms with E-state index in [4.69, 9.17) is 5.73 Å². The lowest BCUT2D eigenvalue weighted by Crippen LogP contribution is -2.21. The molecule has 1 aliphatic heterocycles. The first-order valence-electron chi connectivity index (χ1n) is 4.58. The number of rotatable bonds is 1. The normalized spacial score (nSPS) is 22.2. The number of nitrogens with two attached hydrogens (primary N) is 1. The Morgan fingerprint density at radius 3 is 2.69 bits per heavy atom. The summed E-state index contributed by atoms with van der Waals surface area (Å²) in [6.45, 7) is 4.37. The van der Waals surface area contributed by atoms with E-state index in [1.54, 1.807) is 12.4 Å². The first-order chi connectivity index (χ1) is 6.25. The number of nitrogens with zero attached hydrogens (tertiary/aromatic N) is 3. The smallest absolute Gasteiger partial charge is 0.225 e. The van der Waals surface area contributed by atoms with Crippen molar-refractivity contribution < 1.29 is 0 Å². The molecule has 1 aromatic heterocycles. The molecule has 1 saturated heterocycles. The Kier molecular flexibility index (Phi) is 2.04. The maximum absolute atomic E-state index is 5.51. The van der Waals surface area contributed by atoms with Crippen LogP contribution in [-0.4, -0.2) is 23.1 Å². The van der Waals surface area contributed by atoms with Crippen LogP contribution in [0.3, 0.4) is 0 Å². The second-order valence-corrected chi connectivity index (χ2v) is 3.66. The molecule has 4 nitrogen and oxygen atoms in total. The molecule has 2 N–H and O–H groups in total. The quantitative estimate of drug-likeness (QED) is 0.694. The molecule has 13 heavy (non-hydrogen) atoms. The topological polar surface area (TPSA) is 55.0 Å². The van der Waals surface area contributed by atoms with E-state index in [1.165, 1.54) is 6.42 Å². The lowest BCUT2D eigenvalue weighted by atomic mass is 10.2. The van der Waals surface area contributed by atoms with Crippen molar-refractivity contribution in [3.63, 3.8) is 0 Å². The Morgan fingerprint density at radius 2 is 2.15 bits per heavy atom. The van der Waals surface area contributed by atoms with Gasteiger partial charge in [-0.2, -0.15) is 0 Å². The molecule has 70 valence electrons. The fourth-order valence-electron chi connectivity index (χ4n) is 1.61. The van der Waals surface area contributed by atoms with Gasteiger partial charge in [0.1, 0.15) is 0 Å². The standard InChI is InChI=1S/C9H14N4/c1-7-2-3-13(6-7)9-11-4-8(10)5-12-9/h4-5,7H,2-3,6,10H2,1H3. The van der Waals surface area contributed by atoms with Crippen molar-refractivity contribution in [2.24, 2.45) is 5.92 Å². The predicted molar refractivity (Wildman–Crippen MR) is 52.4 cm³/mol. The van der Waals surface area contributed by atoms with Crippen LogP contribution in [-0.2, 0) is 0 Å². The molecule has 1 unspecified atom stereocenters. The van der Waals surface area contributed by atoms with Crippen molar-refractivity contribution in [2.45, 2.75) is 13.3 Å². The summed E-state index contributed by atoms with van der Waals surface area (Å²) in [5, 5.41) is 0. The van der Waals surface area contributed by atoms with Crippen molar-refractivity contribution in [1.29, 1.82) is 0 Å². The van der Waals surface area contributed by atoms with Gasteiger partial charge in [0, 0.05) is 13.1 Å². The van der Waals surface area contributed by atoms with E-state index in [9.17, 15) is 0 Å². The minimum absolute atomic E-state index is 0.621. The minimum Gasteiger partial charge on any atom is -0.396 e. The van der Waals surface area contributed by atoms with Gasteiger partial charge in [-0.05, 0) is 12.3 Å². The Labute approximate surface area is 77.8 Å². The summed E-state index contributed by atoms with van der Waals surface area (Å²) in [4.78, 5) is 10.6. The van der Waals surface area contributed by atoms with Crippen LogP contribution in [0.2, 0.25) is 0 Å². The monoisotopic (exact) mass is 178 g/mol. The van der Waals surface area contributed by atoms with Crippen LogP contribution in [0.25, 0.3) is 0 Å². The van der Waals surface area contributed by atoms with E-state index in [0.717, 1.165) is 25.0 Å². The lowest BCUT2D eigenvalue weighted by Gasteiger charge is -2.14. The van der Waals surface area contributed by atoms with Crippen LogP contribution in [0.15, 0.2) is 12.4 Å². The molecule has 1 atom stereocenters. The SMILES string of the molecule is CC1CCN(c2ncc(N)cn2)C1. The van der Waals surface area contributed by atoms with Gasteiger partial charge in [0.25, 0.3) is 0 Å².